The van der Waals surface area contributed by atoms with E-state index in [9.17, 15) is 4.79 Å². The highest BCUT2D eigenvalue weighted by molar-refractivity contribution is 5.77. The summed E-state index contributed by atoms with van der Waals surface area (Å²) in [7, 11) is 1.32. The molecule has 6 nitrogen and oxygen atoms in total. The number of carbonyl (C=O) groups excluding carboxylic acids is 1. The van der Waals surface area contributed by atoms with Crippen molar-refractivity contribution in [1.82, 2.24) is 4.98 Å². The molecule has 4 rings (SSSR count). The molecular formula is C24H25NO5. The number of methoxy groups -OCH3 is 1. The van der Waals surface area contributed by atoms with Crippen molar-refractivity contribution >= 4 is 5.97 Å². The number of oxazole rings is 1. The van der Waals surface area contributed by atoms with Gasteiger partial charge in [0.2, 0.25) is 5.89 Å². The van der Waals surface area contributed by atoms with E-state index < -0.39 is 11.8 Å². The number of rotatable bonds is 5. The number of esters is 1. The predicted octanol–water partition coefficient (Wildman–Crippen LogP) is 4.26. The zero-order valence-corrected chi connectivity index (χ0v) is 17.4. The maximum atomic E-state index is 11.8. The van der Waals surface area contributed by atoms with Crippen LogP contribution in [0.2, 0.25) is 0 Å². The summed E-state index contributed by atoms with van der Waals surface area (Å²) < 4.78 is 22.0. The van der Waals surface area contributed by atoms with Crippen LogP contribution < -0.4 is 0 Å². The zero-order chi connectivity index (χ0) is 21.1. The summed E-state index contributed by atoms with van der Waals surface area (Å²) in [5.74, 6) is -0.367. The number of benzene rings is 2. The van der Waals surface area contributed by atoms with Crippen molar-refractivity contribution in [3.8, 4) is 11.5 Å². The molecule has 0 saturated carbocycles. The Morgan fingerprint density at radius 2 is 1.87 bits per heavy atom. The fourth-order valence-corrected chi connectivity index (χ4v) is 3.55. The fourth-order valence-electron chi connectivity index (χ4n) is 3.55. The number of aromatic nitrogens is 1. The first kappa shape index (κ1) is 20.3. The Bertz CT molecular complexity index is 1020. The van der Waals surface area contributed by atoms with Gasteiger partial charge in [-0.1, -0.05) is 42.5 Å². The van der Waals surface area contributed by atoms with Gasteiger partial charge in [-0.05, 0) is 30.2 Å². The first-order valence-electron chi connectivity index (χ1n) is 9.95. The van der Waals surface area contributed by atoms with Crippen molar-refractivity contribution in [3.05, 3.63) is 77.2 Å². The quantitative estimate of drug-likeness (QED) is 0.589. The molecule has 30 heavy (non-hydrogen) atoms. The van der Waals surface area contributed by atoms with Gasteiger partial charge in [-0.25, -0.2) is 9.78 Å². The monoisotopic (exact) mass is 407 g/mol. The van der Waals surface area contributed by atoms with Gasteiger partial charge in [0.25, 0.3) is 5.79 Å². The molecule has 0 unspecified atom stereocenters. The van der Waals surface area contributed by atoms with Gasteiger partial charge in [0.1, 0.15) is 5.76 Å². The van der Waals surface area contributed by atoms with Crippen LogP contribution in [0.3, 0.4) is 0 Å². The summed E-state index contributed by atoms with van der Waals surface area (Å²) in [4.78, 5) is 16.5. The SMILES string of the molecule is COC(=O)[C@]1(C)OC[C@H](c2cccc(Cc3nc(-c4ccccc4)oc3C)c2)CO1. The molecule has 156 valence electrons. The first-order chi connectivity index (χ1) is 14.5. The van der Waals surface area contributed by atoms with Crippen LogP contribution in [0.25, 0.3) is 11.5 Å². The Morgan fingerprint density at radius 1 is 1.13 bits per heavy atom. The molecule has 2 aromatic carbocycles. The topological polar surface area (TPSA) is 70.8 Å². The summed E-state index contributed by atoms with van der Waals surface area (Å²) in [6.45, 7) is 4.30. The number of hydrogen-bond acceptors (Lipinski definition) is 6. The van der Waals surface area contributed by atoms with Crippen molar-refractivity contribution < 1.29 is 23.4 Å². The Balaban J connectivity index is 1.47. The van der Waals surface area contributed by atoms with Crippen molar-refractivity contribution in [2.75, 3.05) is 20.3 Å². The van der Waals surface area contributed by atoms with Crippen LogP contribution in [-0.2, 0) is 25.4 Å². The molecule has 0 radical (unpaired) electrons. The molecule has 0 atom stereocenters. The third-order valence-electron chi connectivity index (χ3n) is 5.38. The standard InChI is InChI=1S/C24H25NO5/c1-16-21(25-22(30-16)18-9-5-4-6-10-18)13-17-8-7-11-19(12-17)20-14-28-24(2,29-15-20)23(26)27-3/h4-12,20H,13-15H2,1-3H3/t20-,24+. The molecule has 1 fully saturated rings. The van der Waals surface area contributed by atoms with E-state index in [1.54, 1.807) is 6.92 Å². The van der Waals surface area contributed by atoms with E-state index in [-0.39, 0.29) is 5.92 Å². The normalized spacial score (nSPS) is 21.4. The molecular weight excluding hydrogens is 382 g/mol. The van der Waals surface area contributed by atoms with E-state index in [4.69, 9.17) is 23.6 Å². The van der Waals surface area contributed by atoms with Crippen molar-refractivity contribution in [1.29, 1.82) is 0 Å². The second-order valence-electron chi connectivity index (χ2n) is 7.57. The molecule has 0 amide bonds. The average Bonchev–Trinajstić information content (AvgIpc) is 3.14. The van der Waals surface area contributed by atoms with Crippen molar-refractivity contribution in [2.45, 2.75) is 32.0 Å². The summed E-state index contributed by atoms with van der Waals surface area (Å²) in [6, 6.07) is 18.2. The Labute approximate surface area is 175 Å². The third-order valence-corrected chi connectivity index (χ3v) is 5.38. The van der Waals surface area contributed by atoms with Gasteiger partial charge in [0.05, 0.1) is 26.0 Å². The van der Waals surface area contributed by atoms with Gasteiger partial charge in [-0.15, -0.1) is 0 Å². The molecule has 6 heteroatoms. The number of hydrogen-bond donors (Lipinski definition) is 0. The zero-order valence-electron chi connectivity index (χ0n) is 17.4. The van der Waals surface area contributed by atoms with Gasteiger partial charge >= 0.3 is 5.97 Å². The van der Waals surface area contributed by atoms with Gasteiger partial charge in [-0.3, -0.25) is 0 Å². The molecule has 1 saturated heterocycles. The van der Waals surface area contributed by atoms with Crippen LogP contribution in [0, 0.1) is 6.92 Å². The van der Waals surface area contributed by atoms with Crippen LogP contribution in [0.15, 0.2) is 59.0 Å². The minimum absolute atomic E-state index is 0.0426. The largest absolute Gasteiger partial charge is 0.465 e. The molecule has 0 aliphatic carbocycles. The molecule has 0 N–H and O–H groups in total. The van der Waals surface area contributed by atoms with Gasteiger partial charge in [0.15, 0.2) is 0 Å². The van der Waals surface area contributed by atoms with Crippen molar-refractivity contribution in [3.63, 3.8) is 0 Å². The number of ether oxygens (including phenoxy) is 3. The molecule has 1 aliphatic heterocycles. The Kier molecular flexibility index (Phi) is 5.70. The van der Waals surface area contributed by atoms with E-state index in [1.165, 1.54) is 7.11 Å². The van der Waals surface area contributed by atoms with Gasteiger partial charge in [-0.2, -0.15) is 0 Å². The maximum Gasteiger partial charge on any atom is 0.366 e. The summed E-state index contributed by atoms with van der Waals surface area (Å²) in [5.41, 5.74) is 4.11. The van der Waals surface area contributed by atoms with Crippen LogP contribution in [0.4, 0.5) is 0 Å². The van der Waals surface area contributed by atoms with E-state index in [0.29, 0.717) is 25.5 Å². The summed E-state index contributed by atoms with van der Waals surface area (Å²) in [6.07, 6.45) is 0.671. The molecule has 0 spiro atoms. The van der Waals surface area contributed by atoms with Crippen LogP contribution in [0.5, 0.6) is 0 Å². The lowest BCUT2D eigenvalue weighted by Gasteiger charge is -2.35. The Hall–Kier alpha value is -2.96. The number of nitrogens with zero attached hydrogens (tertiary/aromatic N) is 1. The van der Waals surface area contributed by atoms with Crippen LogP contribution >= 0.6 is 0 Å². The average molecular weight is 407 g/mol. The van der Waals surface area contributed by atoms with E-state index >= 15 is 0 Å². The third kappa shape index (κ3) is 4.15. The van der Waals surface area contributed by atoms with Crippen molar-refractivity contribution in [2.24, 2.45) is 0 Å². The highest BCUT2D eigenvalue weighted by Crippen LogP contribution is 2.30. The minimum Gasteiger partial charge on any atom is -0.465 e. The number of carbonyl (C=O) groups is 1. The summed E-state index contributed by atoms with van der Waals surface area (Å²) >= 11 is 0. The Morgan fingerprint density at radius 3 is 2.57 bits per heavy atom. The molecule has 1 aromatic heterocycles. The van der Waals surface area contributed by atoms with Crippen LogP contribution in [-0.4, -0.2) is 37.1 Å². The minimum atomic E-state index is -1.34. The number of aryl methyl sites for hydroxylation is 1. The second kappa shape index (κ2) is 8.42. The highest BCUT2D eigenvalue weighted by Gasteiger charge is 2.41. The highest BCUT2D eigenvalue weighted by atomic mass is 16.7. The molecule has 2 heterocycles. The smallest absolute Gasteiger partial charge is 0.366 e. The molecule has 3 aromatic rings. The maximum absolute atomic E-state index is 11.8. The fraction of sp³-hybridized carbons (Fsp3) is 0.333. The van der Waals surface area contributed by atoms with Crippen LogP contribution in [0.1, 0.15) is 35.4 Å². The van der Waals surface area contributed by atoms with E-state index in [2.05, 4.69) is 12.1 Å². The molecule has 1 aliphatic rings. The lowest BCUT2D eigenvalue weighted by molar-refractivity contribution is -0.264. The second-order valence-corrected chi connectivity index (χ2v) is 7.57. The predicted molar refractivity (Wildman–Crippen MR) is 111 cm³/mol. The van der Waals surface area contributed by atoms with E-state index in [1.807, 2.05) is 49.4 Å². The van der Waals surface area contributed by atoms with E-state index in [0.717, 1.165) is 28.1 Å². The first-order valence-corrected chi connectivity index (χ1v) is 9.95. The molecule has 0 bridgehead atoms. The van der Waals surface area contributed by atoms with Gasteiger partial charge in [0, 0.05) is 24.8 Å². The lowest BCUT2D eigenvalue weighted by atomic mass is 9.96. The van der Waals surface area contributed by atoms with Gasteiger partial charge < -0.3 is 18.6 Å². The summed E-state index contributed by atoms with van der Waals surface area (Å²) in [5, 5.41) is 0. The lowest BCUT2D eigenvalue weighted by Crippen LogP contribution is -2.47.